The van der Waals surface area contributed by atoms with Crippen molar-refractivity contribution in [1.29, 1.82) is 5.26 Å². The first-order valence-electron chi connectivity index (χ1n) is 3.76. The van der Waals surface area contributed by atoms with E-state index >= 15 is 0 Å². The molecule has 0 fully saturated rings. The van der Waals surface area contributed by atoms with E-state index in [1.165, 1.54) is 0 Å². The van der Waals surface area contributed by atoms with Crippen LogP contribution >= 0.6 is 11.6 Å². The molecule has 0 saturated carbocycles. The Hall–Kier alpha value is -1.59. The monoisotopic (exact) mass is 188 g/mol. The zero-order valence-corrected chi connectivity index (χ0v) is 7.42. The van der Waals surface area contributed by atoms with Gasteiger partial charge in [0, 0.05) is 11.6 Å². The van der Waals surface area contributed by atoms with E-state index in [1.54, 1.807) is 12.3 Å². The zero-order chi connectivity index (χ0) is 9.26. The fourth-order valence-corrected chi connectivity index (χ4v) is 1.54. The van der Waals surface area contributed by atoms with Gasteiger partial charge >= 0.3 is 0 Å². The largest absolute Gasteiger partial charge is 0.245 e. The molecule has 0 bridgehead atoms. The van der Waals surface area contributed by atoms with E-state index in [-0.39, 0.29) is 0 Å². The molecule has 2 nitrogen and oxygen atoms in total. The summed E-state index contributed by atoms with van der Waals surface area (Å²) in [4.78, 5) is 3.94. The van der Waals surface area contributed by atoms with Gasteiger partial charge < -0.3 is 0 Å². The van der Waals surface area contributed by atoms with Crippen molar-refractivity contribution < 1.29 is 0 Å². The summed E-state index contributed by atoms with van der Waals surface area (Å²) < 4.78 is 0. The van der Waals surface area contributed by atoms with E-state index in [4.69, 9.17) is 16.9 Å². The lowest BCUT2D eigenvalue weighted by Crippen LogP contribution is -1.84. The van der Waals surface area contributed by atoms with Crippen molar-refractivity contribution in [2.75, 3.05) is 0 Å². The normalized spacial score (nSPS) is 9.85. The molecular weight excluding hydrogens is 184 g/mol. The van der Waals surface area contributed by atoms with Crippen LogP contribution in [-0.4, -0.2) is 4.98 Å². The number of pyridine rings is 1. The Bertz CT molecular complexity index is 494. The molecule has 62 valence electrons. The van der Waals surface area contributed by atoms with Gasteiger partial charge in [0.15, 0.2) is 0 Å². The number of hydrogen-bond donors (Lipinski definition) is 0. The highest BCUT2D eigenvalue weighted by Gasteiger charge is 2.04. The molecule has 0 amide bonds. The Labute approximate surface area is 80.4 Å². The molecule has 2 aromatic rings. The molecule has 2 rings (SSSR count). The summed E-state index contributed by atoms with van der Waals surface area (Å²) >= 11 is 5.95. The van der Waals surface area contributed by atoms with Crippen LogP contribution in [0.15, 0.2) is 30.5 Å². The van der Waals surface area contributed by atoms with E-state index < -0.39 is 0 Å². The Balaban J connectivity index is 2.97. The molecule has 0 radical (unpaired) electrons. The Kier molecular flexibility index (Phi) is 1.88. The molecular formula is C10H5ClN2. The van der Waals surface area contributed by atoms with Gasteiger partial charge in [-0.15, -0.1) is 0 Å². The number of aromatic nitrogens is 1. The first-order valence-corrected chi connectivity index (χ1v) is 4.14. The van der Waals surface area contributed by atoms with Crippen LogP contribution in [0.5, 0.6) is 0 Å². The number of fused-ring (bicyclic) bond motifs is 1. The van der Waals surface area contributed by atoms with Crippen molar-refractivity contribution in [3.05, 3.63) is 41.2 Å². The summed E-state index contributed by atoms with van der Waals surface area (Å²) in [6.45, 7) is 0. The lowest BCUT2D eigenvalue weighted by atomic mass is 10.1. The van der Waals surface area contributed by atoms with Crippen molar-refractivity contribution in [3.8, 4) is 6.07 Å². The van der Waals surface area contributed by atoms with E-state index in [0.717, 1.165) is 10.8 Å². The molecule has 1 heterocycles. The van der Waals surface area contributed by atoms with E-state index in [9.17, 15) is 0 Å². The quantitative estimate of drug-likeness (QED) is 0.638. The summed E-state index contributed by atoms with van der Waals surface area (Å²) in [5.74, 6) is 0. The number of nitriles is 1. The maximum Gasteiger partial charge on any atom is 0.149 e. The van der Waals surface area contributed by atoms with Crippen molar-refractivity contribution in [1.82, 2.24) is 4.98 Å². The summed E-state index contributed by atoms with van der Waals surface area (Å²) in [5.41, 5.74) is 0.378. The lowest BCUT2D eigenvalue weighted by molar-refractivity contribution is 1.30. The lowest BCUT2D eigenvalue weighted by Gasteiger charge is -1.99. The van der Waals surface area contributed by atoms with Gasteiger partial charge in [-0.3, -0.25) is 0 Å². The second kappa shape index (κ2) is 3.04. The van der Waals surface area contributed by atoms with Crippen LogP contribution in [0.25, 0.3) is 10.8 Å². The standard InChI is InChI=1S/C10H5ClN2/c11-8-3-1-2-7-4-5-13-9(6-12)10(7)8/h1-5H. The molecule has 0 aliphatic carbocycles. The molecule has 0 N–H and O–H groups in total. The smallest absolute Gasteiger partial charge is 0.149 e. The summed E-state index contributed by atoms with van der Waals surface area (Å²) in [5, 5.41) is 11.0. The molecule has 0 spiro atoms. The van der Waals surface area contributed by atoms with Gasteiger partial charge in [-0.1, -0.05) is 23.7 Å². The van der Waals surface area contributed by atoms with Gasteiger partial charge in [0.05, 0.1) is 5.02 Å². The third-order valence-corrected chi connectivity index (χ3v) is 2.16. The molecule has 13 heavy (non-hydrogen) atoms. The minimum absolute atomic E-state index is 0.378. The minimum Gasteiger partial charge on any atom is -0.245 e. The van der Waals surface area contributed by atoms with Crippen LogP contribution in [0.2, 0.25) is 5.02 Å². The van der Waals surface area contributed by atoms with Crippen molar-refractivity contribution in [2.24, 2.45) is 0 Å². The van der Waals surface area contributed by atoms with Gasteiger partial charge in [0.1, 0.15) is 11.8 Å². The van der Waals surface area contributed by atoms with E-state index in [2.05, 4.69) is 4.98 Å². The third-order valence-electron chi connectivity index (χ3n) is 1.85. The number of halogens is 1. The van der Waals surface area contributed by atoms with Crippen molar-refractivity contribution in [3.63, 3.8) is 0 Å². The van der Waals surface area contributed by atoms with Crippen LogP contribution in [0.1, 0.15) is 5.69 Å². The highest BCUT2D eigenvalue weighted by atomic mass is 35.5. The summed E-state index contributed by atoms with van der Waals surface area (Å²) in [6, 6.07) is 9.37. The molecule has 0 unspecified atom stereocenters. The summed E-state index contributed by atoms with van der Waals surface area (Å²) in [7, 11) is 0. The van der Waals surface area contributed by atoms with Crippen molar-refractivity contribution in [2.45, 2.75) is 0 Å². The second-order valence-electron chi connectivity index (χ2n) is 2.61. The molecule has 1 aromatic heterocycles. The molecule has 0 saturated heterocycles. The van der Waals surface area contributed by atoms with Gasteiger partial charge in [-0.05, 0) is 17.5 Å². The Morgan fingerprint density at radius 2 is 2.15 bits per heavy atom. The van der Waals surface area contributed by atoms with Crippen LogP contribution < -0.4 is 0 Å². The number of nitrogens with zero attached hydrogens (tertiary/aromatic N) is 2. The van der Waals surface area contributed by atoms with Crippen LogP contribution in [0.4, 0.5) is 0 Å². The van der Waals surface area contributed by atoms with E-state index in [1.807, 2.05) is 24.3 Å². The van der Waals surface area contributed by atoms with E-state index in [0.29, 0.717) is 10.7 Å². The van der Waals surface area contributed by atoms with Gasteiger partial charge in [0.2, 0.25) is 0 Å². The Morgan fingerprint density at radius 3 is 2.92 bits per heavy atom. The van der Waals surface area contributed by atoms with Gasteiger partial charge in [-0.2, -0.15) is 5.26 Å². The minimum atomic E-state index is 0.378. The highest BCUT2D eigenvalue weighted by molar-refractivity contribution is 6.35. The maximum atomic E-state index is 8.79. The zero-order valence-electron chi connectivity index (χ0n) is 6.66. The molecule has 1 aromatic carbocycles. The average Bonchev–Trinajstić information content (AvgIpc) is 2.17. The fourth-order valence-electron chi connectivity index (χ4n) is 1.27. The van der Waals surface area contributed by atoms with Crippen LogP contribution in [0.3, 0.4) is 0 Å². The maximum absolute atomic E-state index is 8.79. The number of benzene rings is 1. The summed E-state index contributed by atoms with van der Waals surface area (Å²) in [6.07, 6.45) is 1.61. The Morgan fingerprint density at radius 1 is 1.31 bits per heavy atom. The predicted octanol–water partition coefficient (Wildman–Crippen LogP) is 2.76. The third kappa shape index (κ3) is 1.24. The van der Waals surface area contributed by atoms with Crippen LogP contribution in [-0.2, 0) is 0 Å². The first-order chi connectivity index (χ1) is 6.33. The molecule has 0 aliphatic rings. The number of rotatable bonds is 0. The first kappa shape index (κ1) is 8.03. The topological polar surface area (TPSA) is 36.7 Å². The second-order valence-corrected chi connectivity index (χ2v) is 3.02. The molecule has 0 aliphatic heterocycles. The van der Waals surface area contributed by atoms with Gasteiger partial charge in [-0.25, -0.2) is 4.98 Å². The van der Waals surface area contributed by atoms with Gasteiger partial charge in [0.25, 0.3) is 0 Å². The predicted molar refractivity (Wildman–Crippen MR) is 51.5 cm³/mol. The molecule has 3 heteroatoms. The average molecular weight is 189 g/mol. The van der Waals surface area contributed by atoms with Crippen molar-refractivity contribution >= 4 is 22.4 Å². The highest BCUT2D eigenvalue weighted by Crippen LogP contribution is 2.24. The fraction of sp³-hybridized carbons (Fsp3) is 0. The SMILES string of the molecule is N#Cc1nccc2cccc(Cl)c12. The van der Waals surface area contributed by atoms with Crippen LogP contribution in [0, 0.1) is 11.3 Å². The molecule has 0 atom stereocenters. The number of hydrogen-bond acceptors (Lipinski definition) is 2.